The predicted octanol–water partition coefficient (Wildman–Crippen LogP) is 2.03. The van der Waals surface area contributed by atoms with Crippen molar-refractivity contribution in [1.82, 2.24) is 10.2 Å². The number of nitrogens with zero attached hydrogens (tertiary/aromatic N) is 1. The average molecular weight is 288 g/mol. The van der Waals surface area contributed by atoms with E-state index in [2.05, 4.69) is 17.1 Å². The highest BCUT2D eigenvalue weighted by atomic mass is 16.1. The minimum atomic E-state index is -0.000288. The Labute approximate surface area is 126 Å². The van der Waals surface area contributed by atoms with Gasteiger partial charge in [-0.05, 0) is 18.4 Å². The average Bonchev–Trinajstić information content (AvgIpc) is 2.86. The van der Waals surface area contributed by atoms with E-state index in [0.29, 0.717) is 6.54 Å². The van der Waals surface area contributed by atoms with Gasteiger partial charge in [0.05, 0.1) is 6.54 Å². The van der Waals surface area contributed by atoms with Crippen LogP contribution in [0.2, 0.25) is 0 Å². The second kappa shape index (κ2) is 7.36. The van der Waals surface area contributed by atoms with Crippen molar-refractivity contribution in [3.05, 3.63) is 35.4 Å². The number of ketones is 1. The Hall–Kier alpha value is -1.68. The van der Waals surface area contributed by atoms with Crippen molar-refractivity contribution >= 4 is 11.7 Å². The van der Waals surface area contributed by atoms with E-state index in [1.54, 1.807) is 0 Å². The number of likely N-dealkylation sites (tertiary alicyclic amines) is 1. The number of nitrogens with one attached hydrogen (secondary N) is 1. The Morgan fingerprint density at radius 2 is 2.00 bits per heavy atom. The molecule has 1 atom stereocenters. The number of carbonyl (C=O) groups is 2. The molecule has 2 rings (SSSR count). The van der Waals surface area contributed by atoms with E-state index in [0.717, 1.165) is 37.9 Å². The summed E-state index contributed by atoms with van der Waals surface area (Å²) in [5.41, 5.74) is 2.05. The summed E-state index contributed by atoms with van der Waals surface area (Å²) in [4.78, 5) is 25.4. The highest BCUT2D eigenvalue weighted by molar-refractivity contribution is 5.97. The van der Waals surface area contributed by atoms with Gasteiger partial charge in [-0.3, -0.25) is 14.5 Å². The molecular weight excluding hydrogens is 264 g/mol. The third kappa shape index (κ3) is 4.67. The Bertz CT molecular complexity index is 496. The van der Waals surface area contributed by atoms with Gasteiger partial charge in [0.25, 0.3) is 0 Å². The number of carbonyl (C=O) groups excluding carboxylic acids is 2. The van der Waals surface area contributed by atoms with Crippen LogP contribution in [0.3, 0.4) is 0 Å². The molecule has 0 saturated carbocycles. The highest BCUT2D eigenvalue weighted by Crippen LogP contribution is 2.12. The van der Waals surface area contributed by atoms with E-state index in [-0.39, 0.29) is 17.7 Å². The third-order valence-corrected chi connectivity index (χ3v) is 3.86. The van der Waals surface area contributed by atoms with Crippen LogP contribution in [0.4, 0.5) is 0 Å². The second-order valence-electron chi connectivity index (χ2n) is 5.79. The second-order valence-corrected chi connectivity index (χ2v) is 5.79. The summed E-state index contributed by atoms with van der Waals surface area (Å²) in [6.07, 6.45) is 3.09. The van der Waals surface area contributed by atoms with Crippen molar-refractivity contribution < 1.29 is 9.59 Å². The SMILES string of the molecule is CCCc1ccc(C(=O)CN2CCC(NC(C)=O)C2)cc1. The molecule has 1 aliphatic rings. The van der Waals surface area contributed by atoms with Gasteiger partial charge in [-0.15, -0.1) is 0 Å². The monoisotopic (exact) mass is 288 g/mol. The van der Waals surface area contributed by atoms with E-state index < -0.39 is 0 Å². The first-order valence-electron chi connectivity index (χ1n) is 7.70. The molecule has 1 aliphatic heterocycles. The molecule has 0 bridgehead atoms. The number of hydrogen-bond acceptors (Lipinski definition) is 3. The molecule has 0 radical (unpaired) electrons. The van der Waals surface area contributed by atoms with Crippen LogP contribution in [0, 0.1) is 0 Å². The maximum atomic E-state index is 12.3. The van der Waals surface area contributed by atoms with Gasteiger partial charge in [-0.1, -0.05) is 37.6 Å². The molecule has 1 amide bonds. The largest absolute Gasteiger partial charge is 0.352 e. The van der Waals surface area contributed by atoms with Crippen molar-refractivity contribution in [2.45, 2.75) is 39.2 Å². The summed E-state index contributed by atoms with van der Waals surface area (Å²) >= 11 is 0. The van der Waals surface area contributed by atoms with Gasteiger partial charge >= 0.3 is 0 Å². The fraction of sp³-hybridized carbons (Fsp3) is 0.529. The maximum absolute atomic E-state index is 12.3. The lowest BCUT2D eigenvalue weighted by Crippen LogP contribution is -2.36. The lowest BCUT2D eigenvalue weighted by Gasteiger charge is -2.15. The number of hydrogen-bond donors (Lipinski definition) is 1. The molecule has 4 nitrogen and oxygen atoms in total. The quantitative estimate of drug-likeness (QED) is 0.815. The van der Waals surface area contributed by atoms with Crippen molar-refractivity contribution in [3.63, 3.8) is 0 Å². The smallest absolute Gasteiger partial charge is 0.217 e. The van der Waals surface area contributed by atoms with E-state index in [4.69, 9.17) is 0 Å². The highest BCUT2D eigenvalue weighted by Gasteiger charge is 2.24. The van der Waals surface area contributed by atoms with Crippen LogP contribution in [0.5, 0.6) is 0 Å². The van der Waals surface area contributed by atoms with Crippen LogP contribution in [-0.4, -0.2) is 42.3 Å². The van der Waals surface area contributed by atoms with Crippen LogP contribution in [0.1, 0.15) is 42.6 Å². The van der Waals surface area contributed by atoms with Crippen molar-refractivity contribution in [1.29, 1.82) is 0 Å². The standard InChI is InChI=1S/C17H24N2O2/c1-3-4-14-5-7-15(8-6-14)17(21)12-19-10-9-16(11-19)18-13(2)20/h5-8,16H,3-4,9-12H2,1-2H3,(H,18,20). The van der Waals surface area contributed by atoms with Gasteiger partial charge in [0.15, 0.2) is 5.78 Å². The zero-order valence-electron chi connectivity index (χ0n) is 12.9. The first kappa shape index (κ1) is 15.7. The zero-order valence-corrected chi connectivity index (χ0v) is 12.9. The Balaban J connectivity index is 1.85. The van der Waals surface area contributed by atoms with Gasteiger partial charge in [-0.2, -0.15) is 0 Å². The van der Waals surface area contributed by atoms with Crippen molar-refractivity contribution in [3.8, 4) is 0 Å². The molecule has 1 N–H and O–H groups in total. The van der Waals surface area contributed by atoms with Gasteiger partial charge in [0.1, 0.15) is 0 Å². The van der Waals surface area contributed by atoms with Crippen LogP contribution < -0.4 is 5.32 Å². The van der Waals surface area contributed by atoms with E-state index in [9.17, 15) is 9.59 Å². The van der Waals surface area contributed by atoms with Crippen molar-refractivity contribution in [2.24, 2.45) is 0 Å². The lowest BCUT2D eigenvalue weighted by atomic mass is 10.1. The number of amides is 1. The first-order valence-corrected chi connectivity index (χ1v) is 7.70. The molecule has 1 aromatic carbocycles. The van der Waals surface area contributed by atoms with Gasteiger partial charge < -0.3 is 5.32 Å². The molecular formula is C17H24N2O2. The molecule has 1 unspecified atom stereocenters. The van der Waals surface area contributed by atoms with E-state index in [1.807, 2.05) is 24.3 Å². The summed E-state index contributed by atoms with van der Waals surface area (Å²) in [5, 5.41) is 2.91. The van der Waals surface area contributed by atoms with Crippen LogP contribution in [0.15, 0.2) is 24.3 Å². The normalized spacial score (nSPS) is 18.7. The minimum absolute atomic E-state index is 0.000288. The molecule has 1 aromatic rings. The topological polar surface area (TPSA) is 49.4 Å². The number of aryl methyl sites for hydroxylation is 1. The molecule has 1 heterocycles. The fourth-order valence-corrected chi connectivity index (χ4v) is 2.82. The summed E-state index contributed by atoms with van der Waals surface area (Å²) in [6, 6.07) is 8.12. The number of rotatable bonds is 6. The van der Waals surface area contributed by atoms with E-state index in [1.165, 1.54) is 12.5 Å². The first-order chi connectivity index (χ1) is 10.1. The van der Waals surface area contributed by atoms with Crippen molar-refractivity contribution in [2.75, 3.05) is 19.6 Å². The van der Waals surface area contributed by atoms with Gasteiger partial charge in [0, 0.05) is 31.6 Å². The maximum Gasteiger partial charge on any atom is 0.217 e. The predicted molar refractivity (Wildman–Crippen MR) is 83.4 cm³/mol. The summed E-state index contributed by atoms with van der Waals surface area (Å²) in [5.74, 6) is 0.154. The Kier molecular flexibility index (Phi) is 5.51. The number of benzene rings is 1. The molecule has 0 spiro atoms. The molecule has 0 aliphatic carbocycles. The minimum Gasteiger partial charge on any atom is -0.352 e. The third-order valence-electron chi connectivity index (χ3n) is 3.86. The van der Waals surface area contributed by atoms with Crippen LogP contribution in [0.25, 0.3) is 0 Å². The van der Waals surface area contributed by atoms with Gasteiger partial charge in [-0.25, -0.2) is 0 Å². The molecule has 1 saturated heterocycles. The summed E-state index contributed by atoms with van der Waals surface area (Å²) < 4.78 is 0. The molecule has 114 valence electrons. The van der Waals surface area contributed by atoms with Gasteiger partial charge in [0.2, 0.25) is 5.91 Å². The van der Waals surface area contributed by atoms with Crippen LogP contribution in [-0.2, 0) is 11.2 Å². The van der Waals surface area contributed by atoms with E-state index >= 15 is 0 Å². The number of Topliss-reactive ketones (excluding diaryl/α,β-unsaturated/α-hetero) is 1. The summed E-state index contributed by atoms with van der Waals surface area (Å²) in [6.45, 7) is 5.75. The fourth-order valence-electron chi connectivity index (χ4n) is 2.82. The molecule has 21 heavy (non-hydrogen) atoms. The Morgan fingerprint density at radius 1 is 1.29 bits per heavy atom. The van der Waals surface area contributed by atoms with Crippen LogP contribution >= 0.6 is 0 Å². The molecule has 1 fully saturated rings. The lowest BCUT2D eigenvalue weighted by molar-refractivity contribution is -0.119. The molecule has 4 heteroatoms. The molecule has 0 aromatic heterocycles. The zero-order chi connectivity index (χ0) is 15.2. The Morgan fingerprint density at radius 3 is 2.62 bits per heavy atom. The summed E-state index contributed by atoms with van der Waals surface area (Å²) in [7, 11) is 0.